The molecular formula is C31H47N2O8P. The van der Waals surface area contributed by atoms with Crippen molar-refractivity contribution in [2.75, 3.05) is 20.3 Å². The number of carboxylic acid groups (broad SMARTS) is 1. The van der Waals surface area contributed by atoms with E-state index in [9.17, 15) is 24.4 Å². The highest BCUT2D eigenvalue weighted by Gasteiger charge is 2.37. The van der Waals surface area contributed by atoms with Gasteiger partial charge in [-0.25, -0.2) is 4.57 Å². The molecule has 0 aliphatic rings. The third-order valence-electron chi connectivity index (χ3n) is 7.04. The molecule has 0 aliphatic heterocycles. The number of unbranched alkanes of at least 4 members (excludes halogenated alkanes) is 5. The molecule has 11 heteroatoms. The fraction of sp³-hybridized carbons (Fsp3) is 0.548. The number of carbonyl (C=O) groups is 2. The van der Waals surface area contributed by atoms with Gasteiger partial charge >= 0.3 is 19.7 Å². The molecule has 2 aromatic carbocycles. The van der Waals surface area contributed by atoms with Gasteiger partial charge in [0.15, 0.2) is 0 Å². The van der Waals surface area contributed by atoms with Crippen LogP contribution in [0.4, 0.5) is 0 Å². The number of rotatable bonds is 22. The van der Waals surface area contributed by atoms with Gasteiger partial charge in [0, 0.05) is 6.42 Å². The Labute approximate surface area is 249 Å². The zero-order valence-electron chi connectivity index (χ0n) is 24.8. The maximum Gasteiger partial charge on any atom is 0.459 e. The van der Waals surface area contributed by atoms with Crippen molar-refractivity contribution in [1.29, 1.82) is 0 Å². The van der Waals surface area contributed by atoms with E-state index in [1.807, 2.05) is 0 Å². The number of hydrogen-bond donors (Lipinski definition) is 4. The van der Waals surface area contributed by atoms with Crippen LogP contribution in [0.25, 0.3) is 0 Å². The molecule has 3 unspecified atom stereocenters. The number of esters is 1. The number of aliphatic hydroxyl groups excluding tert-OH is 1. The maximum absolute atomic E-state index is 13.8. The quantitative estimate of drug-likeness (QED) is 0.0776. The first-order valence-corrected chi connectivity index (χ1v) is 16.2. The second-order valence-corrected chi connectivity index (χ2v) is 12.4. The average Bonchev–Trinajstić information content (AvgIpc) is 2.99. The van der Waals surface area contributed by atoms with Gasteiger partial charge in [-0.05, 0) is 55.4 Å². The van der Waals surface area contributed by atoms with E-state index >= 15 is 0 Å². The van der Waals surface area contributed by atoms with Crippen LogP contribution in [0.3, 0.4) is 0 Å². The summed E-state index contributed by atoms with van der Waals surface area (Å²) in [6.07, 6.45) is 8.99. The van der Waals surface area contributed by atoms with Crippen LogP contribution < -0.4 is 15.3 Å². The first-order chi connectivity index (χ1) is 20.1. The van der Waals surface area contributed by atoms with Crippen LogP contribution in [-0.4, -0.2) is 54.1 Å². The molecule has 0 radical (unpaired) electrons. The summed E-state index contributed by atoms with van der Waals surface area (Å²) >= 11 is 0. The Morgan fingerprint density at radius 2 is 1.60 bits per heavy atom. The standard InChI is InChI=1S/C31H47N2O8P/c1-3-4-5-6-7-9-12-25-15-17-26(18-16-25)21-22-31(32,23-34)24-40-42(38,41-27-13-10-8-11-14-27)33-28(30(36)37)19-20-29(35)39-2/h8,10-11,13-18,28,34H,3-7,9,12,19-24,32H2,1-2H3,(H,33,38)(H,36,37). The Balaban J connectivity index is 2.02. The lowest BCUT2D eigenvalue weighted by molar-refractivity contribution is -0.142. The highest BCUT2D eigenvalue weighted by molar-refractivity contribution is 7.52. The zero-order chi connectivity index (χ0) is 30.8. The minimum atomic E-state index is -4.33. The first-order valence-electron chi connectivity index (χ1n) is 14.7. The van der Waals surface area contributed by atoms with Crippen molar-refractivity contribution in [3.63, 3.8) is 0 Å². The number of hydrogen-bond acceptors (Lipinski definition) is 8. The number of ether oxygens (including phenoxy) is 1. The second-order valence-electron chi connectivity index (χ2n) is 10.7. The van der Waals surface area contributed by atoms with E-state index in [2.05, 4.69) is 41.0 Å². The normalized spacial score (nSPS) is 14.9. The molecule has 5 N–H and O–H groups in total. The molecule has 0 heterocycles. The van der Waals surface area contributed by atoms with Crippen molar-refractivity contribution in [1.82, 2.24) is 5.09 Å². The topological polar surface area (TPSA) is 157 Å². The van der Waals surface area contributed by atoms with Crippen molar-refractivity contribution in [3.8, 4) is 5.75 Å². The molecule has 0 saturated carbocycles. The molecule has 0 amide bonds. The molecule has 10 nitrogen and oxygen atoms in total. The third-order valence-corrected chi connectivity index (χ3v) is 8.58. The summed E-state index contributed by atoms with van der Waals surface area (Å²) in [4.78, 5) is 23.4. The highest BCUT2D eigenvalue weighted by Crippen LogP contribution is 2.46. The number of benzene rings is 2. The van der Waals surface area contributed by atoms with Crippen LogP contribution in [0.5, 0.6) is 5.75 Å². The van der Waals surface area contributed by atoms with Gasteiger partial charge in [0.1, 0.15) is 11.8 Å². The van der Waals surface area contributed by atoms with Gasteiger partial charge < -0.3 is 25.2 Å². The average molecular weight is 607 g/mol. The number of nitrogens with one attached hydrogen (secondary N) is 1. The number of methoxy groups -OCH3 is 1. The minimum Gasteiger partial charge on any atom is -0.480 e. The largest absolute Gasteiger partial charge is 0.480 e. The molecule has 0 aliphatic carbocycles. The molecule has 0 bridgehead atoms. The maximum atomic E-state index is 13.8. The van der Waals surface area contributed by atoms with Crippen LogP contribution >= 0.6 is 7.75 Å². The lowest BCUT2D eigenvalue weighted by Crippen LogP contribution is -2.49. The van der Waals surface area contributed by atoms with Gasteiger partial charge in [-0.3, -0.25) is 14.1 Å². The number of carboxylic acids is 1. The summed E-state index contributed by atoms with van der Waals surface area (Å²) in [6.45, 7) is 1.38. The van der Waals surface area contributed by atoms with Crippen molar-refractivity contribution in [3.05, 3.63) is 65.7 Å². The second kappa shape index (κ2) is 18.7. The lowest BCUT2D eigenvalue weighted by Gasteiger charge is -2.30. The molecule has 3 atom stereocenters. The molecule has 2 aromatic rings. The van der Waals surface area contributed by atoms with Crippen molar-refractivity contribution in [2.24, 2.45) is 5.73 Å². The highest BCUT2D eigenvalue weighted by atomic mass is 31.2. The number of para-hydroxylation sites is 1. The molecule has 234 valence electrons. The number of carbonyl (C=O) groups excluding carboxylic acids is 1. The van der Waals surface area contributed by atoms with E-state index in [4.69, 9.17) is 14.8 Å². The number of nitrogens with two attached hydrogens (primary N) is 1. The van der Waals surface area contributed by atoms with Crippen LogP contribution in [-0.2, 0) is 36.3 Å². The number of aryl methyl sites for hydroxylation is 2. The third kappa shape index (κ3) is 13.5. The number of aliphatic hydroxyl groups is 1. The molecule has 0 spiro atoms. The van der Waals surface area contributed by atoms with Crippen LogP contribution in [0.2, 0.25) is 0 Å². The minimum absolute atomic E-state index is 0.179. The monoisotopic (exact) mass is 606 g/mol. The molecule has 0 fully saturated rings. The van der Waals surface area contributed by atoms with Crippen LogP contribution in [0, 0.1) is 0 Å². The number of aliphatic carboxylic acids is 1. The van der Waals surface area contributed by atoms with Gasteiger partial charge in [0.05, 0.1) is 25.9 Å². The van der Waals surface area contributed by atoms with Crippen LogP contribution in [0.15, 0.2) is 54.6 Å². The van der Waals surface area contributed by atoms with E-state index in [1.54, 1.807) is 30.3 Å². The summed E-state index contributed by atoms with van der Waals surface area (Å²) in [6, 6.07) is 15.0. The van der Waals surface area contributed by atoms with Crippen LogP contribution in [0.1, 0.15) is 75.8 Å². The summed E-state index contributed by atoms with van der Waals surface area (Å²) < 4.78 is 29.6. The molecule has 2 rings (SSSR count). The SMILES string of the molecule is CCCCCCCCc1ccc(CCC(N)(CO)COP(=O)(NC(CCC(=O)OC)C(=O)O)Oc2ccccc2)cc1. The molecule has 42 heavy (non-hydrogen) atoms. The van der Waals surface area contributed by atoms with E-state index in [1.165, 1.54) is 51.2 Å². The van der Waals surface area contributed by atoms with Gasteiger partial charge in [0.2, 0.25) is 0 Å². The Bertz CT molecular complexity index is 1120. The van der Waals surface area contributed by atoms with Gasteiger partial charge in [-0.15, -0.1) is 0 Å². The fourth-order valence-electron chi connectivity index (χ4n) is 4.29. The lowest BCUT2D eigenvalue weighted by atomic mass is 9.93. The summed E-state index contributed by atoms with van der Waals surface area (Å²) in [5, 5.41) is 22.2. The van der Waals surface area contributed by atoms with Crippen molar-refractivity contribution < 1.29 is 38.2 Å². The van der Waals surface area contributed by atoms with E-state index in [0.29, 0.717) is 12.8 Å². The Kier molecular flexibility index (Phi) is 15.8. The van der Waals surface area contributed by atoms with Crippen molar-refractivity contribution >= 4 is 19.7 Å². The van der Waals surface area contributed by atoms with Gasteiger partial charge in [-0.1, -0.05) is 81.5 Å². The molecular weight excluding hydrogens is 559 g/mol. The zero-order valence-corrected chi connectivity index (χ0v) is 25.7. The Hall–Kier alpha value is -2.75. The van der Waals surface area contributed by atoms with Crippen molar-refractivity contribution in [2.45, 2.75) is 89.1 Å². The summed E-state index contributed by atoms with van der Waals surface area (Å²) in [7, 11) is -3.13. The van der Waals surface area contributed by atoms with Gasteiger partial charge in [0.25, 0.3) is 0 Å². The predicted molar refractivity (Wildman–Crippen MR) is 162 cm³/mol. The van der Waals surface area contributed by atoms with E-state index < -0.39 is 37.9 Å². The molecule has 0 aromatic heterocycles. The smallest absolute Gasteiger partial charge is 0.459 e. The Morgan fingerprint density at radius 3 is 2.19 bits per heavy atom. The molecule has 0 saturated heterocycles. The summed E-state index contributed by atoms with van der Waals surface area (Å²) in [5.74, 6) is -1.78. The summed E-state index contributed by atoms with van der Waals surface area (Å²) in [5.41, 5.74) is 7.49. The fourth-order valence-corrected chi connectivity index (χ4v) is 5.92. The Morgan fingerprint density at radius 1 is 0.976 bits per heavy atom. The van der Waals surface area contributed by atoms with E-state index in [-0.39, 0.29) is 25.2 Å². The predicted octanol–water partition coefficient (Wildman–Crippen LogP) is 5.41. The van der Waals surface area contributed by atoms with Gasteiger partial charge in [-0.2, -0.15) is 5.09 Å². The van der Waals surface area contributed by atoms with E-state index in [0.717, 1.165) is 12.0 Å². The first kappa shape index (κ1) is 35.4.